The third-order valence-corrected chi connectivity index (χ3v) is 8.43. The molecule has 0 atom stereocenters. The smallest absolute Gasteiger partial charge is 0.335 e. The van der Waals surface area contributed by atoms with E-state index in [2.05, 4.69) is 17.0 Å². The van der Waals surface area contributed by atoms with Crippen LogP contribution >= 0.6 is 11.6 Å². The van der Waals surface area contributed by atoms with E-state index in [4.69, 9.17) is 16.7 Å². The number of rotatable bonds is 5. The molecular weight excluding hydrogens is 418 g/mol. The zero-order chi connectivity index (χ0) is 22.1. The standard InChI is InChI=1S/C28H32ClNO2/c29-25-8-6-22(7-9-25)26-18-28(13-1-14-28)15-10-24(26)19-30-16-11-21(12-17-30)20-2-4-23(5-3-20)27(31)32/h2-9,21H,1,10-19H2,(H,31,32). The second kappa shape index (κ2) is 9.03. The topological polar surface area (TPSA) is 40.5 Å². The number of benzene rings is 2. The van der Waals surface area contributed by atoms with Crippen molar-refractivity contribution in [3.8, 4) is 0 Å². The van der Waals surface area contributed by atoms with Crippen LogP contribution in [0.1, 0.15) is 78.8 Å². The van der Waals surface area contributed by atoms with E-state index in [0.29, 0.717) is 16.9 Å². The van der Waals surface area contributed by atoms with Crippen molar-refractivity contribution in [2.75, 3.05) is 19.6 Å². The molecule has 5 rings (SSSR count). The Morgan fingerprint density at radius 2 is 1.69 bits per heavy atom. The molecule has 3 nitrogen and oxygen atoms in total. The van der Waals surface area contributed by atoms with Crippen LogP contribution in [0.15, 0.2) is 54.1 Å². The van der Waals surface area contributed by atoms with Gasteiger partial charge in [-0.1, -0.05) is 47.9 Å². The van der Waals surface area contributed by atoms with E-state index in [1.807, 2.05) is 24.3 Å². The van der Waals surface area contributed by atoms with Crippen molar-refractivity contribution in [1.29, 1.82) is 0 Å². The van der Waals surface area contributed by atoms with Gasteiger partial charge in [-0.25, -0.2) is 4.79 Å². The van der Waals surface area contributed by atoms with Crippen LogP contribution in [0.5, 0.6) is 0 Å². The zero-order valence-corrected chi connectivity index (χ0v) is 19.4. The van der Waals surface area contributed by atoms with Crippen LogP contribution in [0.4, 0.5) is 0 Å². The third kappa shape index (κ3) is 4.51. The van der Waals surface area contributed by atoms with Crippen molar-refractivity contribution in [2.45, 2.75) is 57.3 Å². The number of hydrogen-bond acceptors (Lipinski definition) is 2. The first kappa shape index (κ1) is 21.7. The fourth-order valence-corrected chi connectivity index (χ4v) is 6.11. The summed E-state index contributed by atoms with van der Waals surface area (Å²) >= 11 is 6.17. The number of aromatic carboxylic acids is 1. The first-order valence-corrected chi connectivity index (χ1v) is 12.4. The van der Waals surface area contributed by atoms with Gasteiger partial charge >= 0.3 is 5.97 Å². The second-order valence-electron chi connectivity index (χ2n) is 10.1. The van der Waals surface area contributed by atoms with Crippen LogP contribution in [-0.2, 0) is 0 Å². The Labute approximate surface area is 196 Å². The number of piperidine rings is 1. The number of carbonyl (C=O) groups is 1. The maximum Gasteiger partial charge on any atom is 0.335 e. The van der Waals surface area contributed by atoms with Crippen LogP contribution in [0, 0.1) is 5.41 Å². The molecule has 1 spiro atoms. The fraction of sp³-hybridized carbons (Fsp3) is 0.464. The summed E-state index contributed by atoms with van der Waals surface area (Å²) in [7, 11) is 0. The van der Waals surface area contributed by atoms with Crippen LogP contribution in [-0.4, -0.2) is 35.6 Å². The molecule has 0 unspecified atom stereocenters. The summed E-state index contributed by atoms with van der Waals surface area (Å²) in [5.41, 5.74) is 6.79. The Kier molecular flexibility index (Phi) is 6.14. The summed E-state index contributed by atoms with van der Waals surface area (Å²) in [6.45, 7) is 3.29. The SMILES string of the molecule is O=C(O)c1ccc(C2CCN(CC3=C(c4ccc(Cl)cc4)CC4(CCC4)CC3)CC2)cc1. The lowest BCUT2D eigenvalue weighted by Gasteiger charge is -2.47. The molecule has 1 N–H and O–H groups in total. The average Bonchev–Trinajstić information content (AvgIpc) is 2.79. The van der Waals surface area contributed by atoms with Crippen molar-refractivity contribution in [1.82, 2.24) is 4.90 Å². The van der Waals surface area contributed by atoms with Gasteiger partial charge in [0.15, 0.2) is 0 Å². The van der Waals surface area contributed by atoms with E-state index in [0.717, 1.165) is 37.5 Å². The maximum absolute atomic E-state index is 11.1. The maximum atomic E-state index is 11.1. The van der Waals surface area contributed by atoms with E-state index in [-0.39, 0.29) is 0 Å². The third-order valence-electron chi connectivity index (χ3n) is 8.17. The molecule has 1 saturated heterocycles. The minimum absolute atomic E-state index is 0.370. The Hall–Kier alpha value is -2.10. The Balaban J connectivity index is 1.27. The lowest BCUT2D eigenvalue weighted by Crippen LogP contribution is -2.37. The quantitative estimate of drug-likeness (QED) is 0.532. The Bertz CT molecular complexity index is 997. The van der Waals surface area contributed by atoms with Crippen LogP contribution < -0.4 is 0 Å². The molecular formula is C28H32ClNO2. The molecule has 1 aliphatic heterocycles. The molecule has 0 amide bonds. The Morgan fingerprint density at radius 3 is 2.28 bits per heavy atom. The van der Waals surface area contributed by atoms with Crippen molar-refractivity contribution < 1.29 is 9.90 Å². The van der Waals surface area contributed by atoms with Crippen molar-refractivity contribution in [3.63, 3.8) is 0 Å². The molecule has 2 aliphatic carbocycles. The zero-order valence-electron chi connectivity index (χ0n) is 18.7. The van der Waals surface area contributed by atoms with Crippen LogP contribution in [0.3, 0.4) is 0 Å². The van der Waals surface area contributed by atoms with Crippen LogP contribution in [0.2, 0.25) is 5.02 Å². The highest BCUT2D eigenvalue weighted by molar-refractivity contribution is 6.30. The summed E-state index contributed by atoms with van der Waals surface area (Å²) in [6.07, 6.45) is 10.3. The van der Waals surface area contributed by atoms with Gasteiger partial charge in [0.25, 0.3) is 0 Å². The van der Waals surface area contributed by atoms with Gasteiger partial charge in [0, 0.05) is 11.6 Å². The number of carboxylic acid groups (broad SMARTS) is 1. The van der Waals surface area contributed by atoms with Gasteiger partial charge < -0.3 is 5.11 Å². The number of carboxylic acids is 1. The predicted octanol–water partition coefficient (Wildman–Crippen LogP) is 7.03. The molecule has 0 bridgehead atoms. The van der Waals surface area contributed by atoms with E-state index in [1.165, 1.54) is 49.7 Å². The predicted molar refractivity (Wildman–Crippen MR) is 130 cm³/mol. The van der Waals surface area contributed by atoms with Gasteiger partial charge in [-0.3, -0.25) is 4.90 Å². The summed E-state index contributed by atoms with van der Waals surface area (Å²) in [5.74, 6) is -0.323. The van der Waals surface area contributed by atoms with E-state index >= 15 is 0 Å². The van der Waals surface area contributed by atoms with Gasteiger partial charge in [0.1, 0.15) is 0 Å². The highest BCUT2D eigenvalue weighted by Crippen LogP contribution is 2.55. The molecule has 1 heterocycles. The molecule has 0 aromatic heterocycles. The Morgan fingerprint density at radius 1 is 1.00 bits per heavy atom. The summed E-state index contributed by atoms with van der Waals surface area (Å²) in [4.78, 5) is 13.7. The number of hydrogen-bond donors (Lipinski definition) is 1. The monoisotopic (exact) mass is 449 g/mol. The number of nitrogens with zero attached hydrogens (tertiary/aromatic N) is 1. The van der Waals surface area contributed by atoms with Gasteiger partial charge in [0.2, 0.25) is 0 Å². The number of likely N-dealkylation sites (tertiary alicyclic amines) is 1. The van der Waals surface area contributed by atoms with E-state index < -0.39 is 5.97 Å². The lowest BCUT2D eigenvalue weighted by atomic mass is 9.59. The molecule has 3 aliphatic rings. The minimum Gasteiger partial charge on any atom is -0.478 e. The summed E-state index contributed by atoms with van der Waals surface area (Å²) < 4.78 is 0. The van der Waals surface area contributed by atoms with Crippen LogP contribution in [0.25, 0.3) is 5.57 Å². The molecule has 1 saturated carbocycles. The van der Waals surface area contributed by atoms with Crippen molar-refractivity contribution in [3.05, 3.63) is 75.8 Å². The van der Waals surface area contributed by atoms with Crippen molar-refractivity contribution in [2.24, 2.45) is 5.41 Å². The molecule has 2 aromatic rings. The molecule has 2 fully saturated rings. The summed E-state index contributed by atoms with van der Waals surface area (Å²) in [5, 5.41) is 9.94. The fourth-order valence-electron chi connectivity index (χ4n) is 5.98. The average molecular weight is 450 g/mol. The normalized spacial score (nSPS) is 21.5. The molecule has 0 radical (unpaired) electrons. The minimum atomic E-state index is -0.854. The highest BCUT2D eigenvalue weighted by Gasteiger charge is 2.40. The van der Waals surface area contributed by atoms with E-state index in [9.17, 15) is 4.79 Å². The molecule has 2 aromatic carbocycles. The van der Waals surface area contributed by atoms with Gasteiger partial charge in [-0.15, -0.1) is 0 Å². The first-order chi connectivity index (χ1) is 15.5. The summed E-state index contributed by atoms with van der Waals surface area (Å²) in [6, 6.07) is 16.0. The van der Waals surface area contributed by atoms with E-state index in [1.54, 1.807) is 23.3 Å². The number of allylic oxidation sites excluding steroid dienone is 1. The molecule has 168 valence electrons. The number of halogens is 1. The largest absolute Gasteiger partial charge is 0.478 e. The van der Waals surface area contributed by atoms with Crippen molar-refractivity contribution >= 4 is 23.1 Å². The second-order valence-corrected chi connectivity index (χ2v) is 10.5. The lowest BCUT2D eigenvalue weighted by molar-refractivity contribution is 0.0697. The first-order valence-electron chi connectivity index (χ1n) is 12.0. The highest BCUT2D eigenvalue weighted by atomic mass is 35.5. The van der Waals surface area contributed by atoms with Gasteiger partial charge in [-0.05, 0) is 110 Å². The molecule has 4 heteroatoms. The van der Waals surface area contributed by atoms with Gasteiger partial charge in [-0.2, -0.15) is 0 Å². The van der Waals surface area contributed by atoms with Gasteiger partial charge in [0.05, 0.1) is 5.56 Å². The molecule has 32 heavy (non-hydrogen) atoms.